The number of likely N-dealkylation sites (N-methyl/N-ethyl adjacent to an activating group) is 1. The molecule has 1 aromatic carbocycles. The Balaban J connectivity index is 2.19. The number of hydrogen-bond donors (Lipinski definition) is 1. The van der Waals surface area contributed by atoms with Crippen molar-refractivity contribution in [1.29, 1.82) is 0 Å². The molecule has 4 heteroatoms. The fraction of sp³-hybridized carbons (Fsp3) is 0.538. The van der Waals surface area contributed by atoms with Crippen molar-refractivity contribution in [1.82, 2.24) is 4.90 Å². The second-order valence-electron chi connectivity index (χ2n) is 4.74. The molecule has 4 nitrogen and oxygen atoms in total. The SMILES string of the molecule is COc1cc(N)cc(N2CCN(C)C(C)C2)c1. The summed E-state index contributed by atoms with van der Waals surface area (Å²) >= 11 is 0. The third-order valence-corrected chi connectivity index (χ3v) is 3.47. The van der Waals surface area contributed by atoms with Crippen LogP contribution in [0.2, 0.25) is 0 Å². The molecule has 1 unspecified atom stereocenters. The molecule has 1 saturated heterocycles. The van der Waals surface area contributed by atoms with Crippen LogP contribution in [0, 0.1) is 0 Å². The Bertz CT molecular complexity index is 394. The van der Waals surface area contributed by atoms with Crippen LogP contribution in [0.1, 0.15) is 6.92 Å². The molecule has 2 N–H and O–H groups in total. The highest BCUT2D eigenvalue weighted by atomic mass is 16.5. The van der Waals surface area contributed by atoms with Gasteiger partial charge in [-0.2, -0.15) is 0 Å². The lowest BCUT2D eigenvalue weighted by Crippen LogP contribution is -2.50. The Morgan fingerprint density at radius 2 is 2.06 bits per heavy atom. The first kappa shape index (κ1) is 12.0. The number of hydrogen-bond acceptors (Lipinski definition) is 4. The van der Waals surface area contributed by atoms with E-state index in [1.165, 1.54) is 0 Å². The third-order valence-electron chi connectivity index (χ3n) is 3.47. The Morgan fingerprint density at radius 3 is 2.71 bits per heavy atom. The molecule has 0 aliphatic carbocycles. The van der Waals surface area contributed by atoms with Crippen LogP contribution in [0.4, 0.5) is 11.4 Å². The average Bonchev–Trinajstić information content (AvgIpc) is 2.32. The lowest BCUT2D eigenvalue weighted by molar-refractivity contribution is 0.234. The van der Waals surface area contributed by atoms with E-state index in [1.807, 2.05) is 12.1 Å². The molecule has 0 spiro atoms. The number of piperazine rings is 1. The number of rotatable bonds is 2. The van der Waals surface area contributed by atoms with E-state index in [0.717, 1.165) is 36.8 Å². The molecule has 1 aromatic rings. The van der Waals surface area contributed by atoms with Crippen LogP contribution in [0.25, 0.3) is 0 Å². The molecule has 1 atom stereocenters. The highest BCUT2D eigenvalue weighted by Crippen LogP contribution is 2.26. The van der Waals surface area contributed by atoms with Crippen molar-refractivity contribution in [2.75, 3.05) is 44.4 Å². The number of ether oxygens (including phenoxy) is 1. The molecule has 0 amide bonds. The smallest absolute Gasteiger partial charge is 0.122 e. The van der Waals surface area contributed by atoms with Crippen LogP contribution in [0.3, 0.4) is 0 Å². The number of nitrogens with two attached hydrogens (primary N) is 1. The van der Waals surface area contributed by atoms with Crippen LogP contribution in [-0.2, 0) is 0 Å². The first-order valence-corrected chi connectivity index (χ1v) is 6.00. The predicted molar refractivity (Wildman–Crippen MR) is 71.7 cm³/mol. The normalized spacial score (nSPS) is 21.6. The quantitative estimate of drug-likeness (QED) is 0.787. The summed E-state index contributed by atoms with van der Waals surface area (Å²) in [7, 11) is 3.84. The Labute approximate surface area is 103 Å². The predicted octanol–water partition coefficient (Wildman–Crippen LogP) is 1.42. The molecule has 0 aromatic heterocycles. The van der Waals surface area contributed by atoms with Crippen LogP contribution in [-0.4, -0.2) is 44.7 Å². The van der Waals surface area contributed by atoms with Gasteiger partial charge in [0.05, 0.1) is 7.11 Å². The Morgan fingerprint density at radius 1 is 1.29 bits per heavy atom. The van der Waals surface area contributed by atoms with Crippen molar-refractivity contribution >= 4 is 11.4 Å². The molecular weight excluding hydrogens is 214 g/mol. The molecule has 17 heavy (non-hydrogen) atoms. The standard InChI is InChI=1S/C13H21N3O/c1-10-9-16(5-4-15(10)2)12-6-11(14)7-13(8-12)17-3/h6-8,10H,4-5,9,14H2,1-3H3. The Hall–Kier alpha value is -1.42. The molecule has 0 radical (unpaired) electrons. The van der Waals surface area contributed by atoms with Crippen molar-refractivity contribution in [2.45, 2.75) is 13.0 Å². The zero-order chi connectivity index (χ0) is 12.4. The zero-order valence-corrected chi connectivity index (χ0v) is 10.8. The van der Waals surface area contributed by atoms with Gasteiger partial charge < -0.3 is 20.3 Å². The van der Waals surface area contributed by atoms with Crippen molar-refractivity contribution in [3.05, 3.63) is 18.2 Å². The molecular formula is C13H21N3O. The molecule has 94 valence electrons. The minimum absolute atomic E-state index is 0.566. The van der Waals surface area contributed by atoms with Gasteiger partial charge in [0.1, 0.15) is 5.75 Å². The van der Waals surface area contributed by atoms with E-state index < -0.39 is 0 Å². The molecule has 1 fully saturated rings. The topological polar surface area (TPSA) is 41.7 Å². The van der Waals surface area contributed by atoms with Crippen LogP contribution < -0.4 is 15.4 Å². The second kappa shape index (κ2) is 4.84. The molecule has 2 rings (SSSR count). The van der Waals surface area contributed by atoms with E-state index in [1.54, 1.807) is 7.11 Å². The van der Waals surface area contributed by atoms with E-state index in [0.29, 0.717) is 6.04 Å². The molecule has 1 heterocycles. The van der Waals surface area contributed by atoms with Gasteiger partial charge in [-0.25, -0.2) is 0 Å². The maximum atomic E-state index is 5.89. The first-order valence-electron chi connectivity index (χ1n) is 6.00. The number of anilines is 2. The summed E-state index contributed by atoms with van der Waals surface area (Å²) < 4.78 is 5.26. The molecule has 0 saturated carbocycles. The van der Waals surface area contributed by atoms with Gasteiger partial charge in [0, 0.05) is 49.2 Å². The monoisotopic (exact) mass is 235 g/mol. The van der Waals surface area contributed by atoms with Crippen LogP contribution in [0.5, 0.6) is 5.75 Å². The van der Waals surface area contributed by atoms with Crippen molar-refractivity contribution in [2.24, 2.45) is 0 Å². The molecule has 1 aliphatic heterocycles. The zero-order valence-electron chi connectivity index (χ0n) is 10.8. The molecule has 1 aliphatic rings. The largest absolute Gasteiger partial charge is 0.497 e. The van der Waals surface area contributed by atoms with E-state index in [9.17, 15) is 0 Å². The van der Waals surface area contributed by atoms with E-state index in [2.05, 4.69) is 29.8 Å². The Kier molecular flexibility index (Phi) is 3.43. The lowest BCUT2D eigenvalue weighted by Gasteiger charge is -2.39. The summed E-state index contributed by atoms with van der Waals surface area (Å²) in [5.74, 6) is 0.826. The summed E-state index contributed by atoms with van der Waals surface area (Å²) in [5, 5.41) is 0. The van der Waals surface area contributed by atoms with Gasteiger partial charge in [-0.3, -0.25) is 0 Å². The summed E-state index contributed by atoms with van der Waals surface area (Å²) in [6, 6.07) is 6.48. The highest BCUT2D eigenvalue weighted by molar-refractivity contribution is 5.60. The van der Waals surface area contributed by atoms with Gasteiger partial charge >= 0.3 is 0 Å². The van der Waals surface area contributed by atoms with E-state index in [-0.39, 0.29) is 0 Å². The number of nitrogens with zero attached hydrogens (tertiary/aromatic N) is 2. The average molecular weight is 235 g/mol. The first-order chi connectivity index (χ1) is 8.10. The van der Waals surface area contributed by atoms with Crippen LogP contribution in [0.15, 0.2) is 18.2 Å². The maximum Gasteiger partial charge on any atom is 0.122 e. The number of benzene rings is 1. The van der Waals surface area contributed by atoms with Crippen molar-refractivity contribution in [3.8, 4) is 5.75 Å². The fourth-order valence-electron chi connectivity index (χ4n) is 2.19. The van der Waals surface area contributed by atoms with Gasteiger partial charge in [-0.1, -0.05) is 0 Å². The van der Waals surface area contributed by atoms with Gasteiger partial charge in [-0.05, 0) is 20.0 Å². The maximum absolute atomic E-state index is 5.89. The third kappa shape index (κ3) is 2.64. The summed E-state index contributed by atoms with van der Waals surface area (Å²) in [6.07, 6.45) is 0. The minimum Gasteiger partial charge on any atom is -0.497 e. The number of nitrogen functional groups attached to an aromatic ring is 1. The second-order valence-corrected chi connectivity index (χ2v) is 4.74. The lowest BCUT2D eigenvalue weighted by atomic mass is 10.1. The van der Waals surface area contributed by atoms with Gasteiger partial charge in [0.15, 0.2) is 0 Å². The van der Waals surface area contributed by atoms with Crippen molar-refractivity contribution in [3.63, 3.8) is 0 Å². The summed E-state index contributed by atoms with van der Waals surface area (Å²) in [6.45, 7) is 5.39. The van der Waals surface area contributed by atoms with Gasteiger partial charge in [0.25, 0.3) is 0 Å². The van der Waals surface area contributed by atoms with Gasteiger partial charge in [-0.15, -0.1) is 0 Å². The number of methoxy groups -OCH3 is 1. The van der Waals surface area contributed by atoms with E-state index >= 15 is 0 Å². The van der Waals surface area contributed by atoms with Gasteiger partial charge in [0.2, 0.25) is 0 Å². The highest BCUT2D eigenvalue weighted by Gasteiger charge is 2.21. The summed E-state index contributed by atoms with van der Waals surface area (Å²) in [5.41, 5.74) is 7.80. The fourth-order valence-corrected chi connectivity index (χ4v) is 2.19. The summed E-state index contributed by atoms with van der Waals surface area (Å²) in [4.78, 5) is 4.74. The molecule has 0 bridgehead atoms. The van der Waals surface area contributed by atoms with Crippen LogP contribution >= 0.6 is 0 Å². The minimum atomic E-state index is 0.566. The van der Waals surface area contributed by atoms with E-state index in [4.69, 9.17) is 10.5 Å². The van der Waals surface area contributed by atoms with Crippen molar-refractivity contribution < 1.29 is 4.74 Å².